The minimum absolute atomic E-state index is 0.0859. The van der Waals surface area contributed by atoms with Crippen LogP contribution in [0.25, 0.3) is 11.3 Å². The van der Waals surface area contributed by atoms with Gasteiger partial charge < -0.3 is 0 Å². The van der Waals surface area contributed by atoms with Crippen molar-refractivity contribution in [3.8, 4) is 11.3 Å². The molecule has 0 saturated carbocycles. The van der Waals surface area contributed by atoms with Crippen molar-refractivity contribution in [3.05, 3.63) is 81.1 Å². The molecule has 0 amide bonds. The summed E-state index contributed by atoms with van der Waals surface area (Å²) in [6, 6.07) is 14.9. The molecule has 1 heterocycles. The number of nitrogens with one attached hydrogen (secondary N) is 2. The van der Waals surface area contributed by atoms with Crippen LogP contribution < -0.4 is 10.3 Å². The predicted octanol–water partition coefficient (Wildman–Crippen LogP) is 2.88. The van der Waals surface area contributed by atoms with Crippen LogP contribution in [0, 0.1) is 6.92 Å². The summed E-state index contributed by atoms with van der Waals surface area (Å²) >= 11 is 6.08. The summed E-state index contributed by atoms with van der Waals surface area (Å²) < 4.78 is 28.1. The third kappa shape index (κ3) is 4.01. The molecule has 0 unspecified atom stereocenters. The molecule has 134 valence electrons. The molecule has 0 atom stereocenters. The van der Waals surface area contributed by atoms with Crippen LogP contribution in [-0.4, -0.2) is 18.6 Å². The lowest BCUT2D eigenvalue weighted by Crippen LogP contribution is -2.24. The normalized spacial score (nSPS) is 11.5. The Bertz CT molecular complexity index is 1090. The Morgan fingerprint density at radius 2 is 1.88 bits per heavy atom. The van der Waals surface area contributed by atoms with E-state index in [1.165, 1.54) is 18.2 Å². The summed E-state index contributed by atoms with van der Waals surface area (Å²) in [5, 5.41) is 6.77. The second-order valence-electron chi connectivity index (χ2n) is 5.70. The molecule has 0 saturated heterocycles. The van der Waals surface area contributed by atoms with Gasteiger partial charge >= 0.3 is 0 Å². The molecule has 0 bridgehead atoms. The maximum Gasteiger partial charge on any atom is 0.264 e. The van der Waals surface area contributed by atoms with Crippen molar-refractivity contribution in [3.63, 3.8) is 0 Å². The summed E-state index contributed by atoms with van der Waals surface area (Å²) in [5.41, 5.74) is 2.03. The van der Waals surface area contributed by atoms with Crippen LogP contribution in [0.1, 0.15) is 11.1 Å². The quantitative estimate of drug-likeness (QED) is 0.701. The van der Waals surface area contributed by atoms with Gasteiger partial charge in [-0.15, -0.1) is 0 Å². The third-order valence-corrected chi connectivity index (χ3v) is 5.77. The lowest BCUT2D eigenvalue weighted by molar-refractivity contribution is 0.580. The molecular formula is C18H16ClN3O3S. The highest BCUT2D eigenvalue weighted by Crippen LogP contribution is 2.24. The Morgan fingerprint density at radius 1 is 1.12 bits per heavy atom. The number of hydrogen-bond acceptors (Lipinski definition) is 4. The highest BCUT2D eigenvalue weighted by molar-refractivity contribution is 7.89. The number of nitrogens with zero attached hydrogens (tertiary/aromatic N) is 1. The van der Waals surface area contributed by atoms with Gasteiger partial charge in [0, 0.05) is 23.2 Å². The van der Waals surface area contributed by atoms with E-state index < -0.39 is 10.0 Å². The smallest absolute Gasteiger partial charge is 0.264 e. The van der Waals surface area contributed by atoms with E-state index in [2.05, 4.69) is 14.9 Å². The largest absolute Gasteiger partial charge is 0.268 e. The van der Waals surface area contributed by atoms with Crippen LogP contribution in [0.2, 0.25) is 5.02 Å². The van der Waals surface area contributed by atoms with Gasteiger partial charge in [0.05, 0.1) is 10.6 Å². The first kappa shape index (κ1) is 18.3. The third-order valence-electron chi connectivity index (χ3n) is 3.86. The average molecular weight is 390 g/mol. The fraction of sp³-hybridized carbons (Fsp3) is 0.111. The molecule has 0 fully saturated rings. The fourth-order valence-corrected chi connectivity index (χ4v) is 3.92. The van der Waals surface area contributed by atoms with Gasteiger partial charge in [-0.2, -0.15) is 5.10 Å². The number of hydrogen-bond donors (Lipinski definition) is 2. The zero-order chi connectivity index (χ0) is 18.7. The summed E-state index contributed by atoms with van der Waals surface area (Å²) in [6.07, 6.45) is 0. The van der Waals surface area contributed by atoms with Crippen molar-refractivity contribution in [2.75, 3.05) is 0 Å². The second kappa shape index (κ2) is 7.41. The number of halogens is 1. The number of aromatic amines is 1. The SMILES string of the molecule is Cc1ccc(-c2ccc(=O)[nH]n2)cc1S(=O)(=O)NCc1ccccc1Cl. The average Bonchev–Trinajstić information content (AvgIpc) is 2.62. The van der Waals surface area contributed by atoms with E-state index in [4.69, 9.17) is 11.6 Å². The van der Waals surface area contributed by atoms with Crippen molar-refractivity contribution < 1.29 is 8.42 Å². The Kier molecular flexibility index (Phi) is 5.22. The molecule has 0 aliphatic rings. The molecule has 1 aromatic heterocycles. The number of aromatic nitrogens is 2. The Hall–Kier alpha value is -2.48. The van der Waals surface area contributed by atoms with Crippen molar-refractivity contribution in [2.24, 2.45) is 0 Å². The molecule has 6 nitrogen and oxygen atoms in total. The molecular weight excluding hydrogens is 374 g/mol. The van der Waals surface area contributed by atoms with Gasteiger partial charge in [0.1, 0.15) is 0 Å². The lowest BCUT2D eigenvalue weighted by Gasteiger charge is -2.12. The van der Waals surface area contributed by atoms with Crippen molar-refractivity contribution in [1.82, 2.24) is 14.9 Å². The minimum Gasteiger partial charge on any atom is -0.268 e. The van der Waals surface area contributed by atoms with Gasteiger partial charge in [-0.1, -0.05) is 41.9 Å². The van der Waals surface area contributed by atoms with Gasteiger partial charge in [0.25, 0.3) is 5.56 Å². The Balaban J connectivity index is 1.91. The molecule has 0 spiro atoms. The maximum absolute atomic E-state index is 12.7. The van der Waals surface area contributed by atoms with Crippen molar-refractivity contribution in [2.45, 2.75) is 18.4 Å². The zero-order valence-electron chi connectivity index (χ0n) is 13.9. The van der Waals surface area contributed by atoms with Gasteiger partial charge in [-0.25, -0.2) is 18.2 Å². The van der Waals surface area contributed by atoms with E-state index in [-0.39, 0.29) is 17.0 Å². The molecule has 0 radical (unpaired) electrons. The van der Waals surface area contributed by atoms with Crippen LogP contribution in [-0.2, 0) is 16.6 Å². The molecule has 2 N–H and O–H groups in total. The first-order chi connectivity index (χ1) is 12.4. The van der Waals surface area contributed by atoms with Crippen molar-refractivity contribution >= 4 is 21.6 Å². The highest BCUT2D eigenvalue weighted by Gasteiger charge is 2.18. The molecule has 0 aliphatic heterocycles. The monoisotopic (exact) mass is 389 g/mol. The van der Waals surface area contributed by atoms with Crippen LogP contribution in [0.3, 0.4) is 0 Å². The molecule has 3 aromatic rings. The fourth-order valence-electron chi connectivity index (χ4n) is 2.45. The van der Waals surface area contributed by atoms with Crippen LogP contribution >= 0.6 is 11.6 Å². The molecule has 3 rings (SSSR count). The van der Waals surface area contributed by atoms with Gasteiger partial charge in [0.2, 0.25) is 10.0 Å². The van der Waals surface area contributed by atoms with E-state index in [0.717, 1.165) is 0 Å². The highest BCUT2D eigenvalue weighted by atomic mass is 35.5. The van der Waals surface area contributed by atoms with E-state index in [1.807, 2.05) is 0 Å². The number of H-pyrrole nitrogens is 1. The van der Waals surface area contributed by atoms with E-state index in [0.29, 0.717) is 27.4 Å². The number of benzene rings is 2. The molecule has 2 aromatic carbocycles. The minimum atomic E-state index is -3.75. The van der Waals surface area contributed by atoms with E-state index in [9.17, 15) is 13.2 Å². The molecule has 0 aliphatic carbocycles. The zero-order valence-corrected chi connectivity index (χ0v) is 15.4. The van der Waals surface area contributed by atoms with Crippen LogP contribution in [0.5, 0.6) is 0 Å². The van der Waals surface area contributed by atoms with E-state index in [1.54, 1.807) is 43.3 Å². The summed E-state index contributed by atoms with van der Waals surface area (Å²) in [6.45, 7) is 1.80. The topological polar surface area (TPSA) is 91.9 Å². The Labute approximate surface area is 155 Å². The summed E-state index contributed by atoms with van der Waals surface area (Å²) in [4.78, 5) is 11.3. The lowest BCUT2D eigenvalue weighted by atomic mass is 10.1. The predicted molar refractivity (Wildman–Crippen MR) is 101 cm³/mol. The van der Waals surface area contributed by atoms with Crippen molar-refractivity contribution in [1.29, 1.82) is 0 Å². The summed E-state index contributed by atoms with van der Waals surface area (Å²) in [7, 11) is -3.75. The maximum atomic E-state index is 12.7. The van der Waals surface area contributed by atoms with E-state index >= 15 is 0 Å². The second-order valence-corrected chi connectivity index (χ2v) is 7.85. The van der Waals surface area contributed by atoms with Crippen LogP contribution in [0.15, 0.2) is 64.3 Å². The first-order valence-corrected chi connectivity index (χ1v) is 9.63. The number of aryl methyl sites for hydroxylation is 1. The number of rotatable bonds is 5. The van der Waals surface area contributed by atoms with Gasteiger partial charge in [-0.3, -0.25) is 4.79 Å². The first-order valence-electron chi connectivity index (χ1n) is 7.77. The standard InChI is InChI=1S/C18H16ClN3O3S/c1-12-6-7-13(16-8-9-18(23)22-21-16)10-17(12)26(24,25)20-11-14-4-2-3-5-15(14)19/h2-10,20H,11H2,1H3,(H,22,23). The Morgan fingerprint density at radius 3 is 2.58 bits per heavy atom. The number of sulfonamides is 1. The summed E-state index contributed by atoms with van der Waals surface area (Å²) in [5.74, 6) is 0. The molecule has 8 heteroatoms. The van der Waals surface area contributed by atoms with Crippen LogP contribution in [0.4, 0.5) is 0 Å². The molecule has 26 heavy (non-hydrogen) atoms. The van der Waals surface area contributed by atoms with Gasteiger partial charge in [-0.05, 0) is 36.2 Å². The van der Waals surface area contributed by atoms with Gasteiger partial charge in [0.15, 0.2) is 0 Å².